The van der Waals surface area contributed by atoms with Crippen LogP contribution in [-0.2, 0) is 12.0 Å². The van der Waals surface area contributed by atoms with E-state index in [0.717, 1.165) is 11.3 Å². The average Bonchev–Trinajstić information content (AvgIpc) is 2.39. The van der Waals surface area contributed by atoms with Crippen molar-refractivity contribution >= 4 is 11.5 Å². The van der Waals surface area contributed by atoms with E-state index in [0.29, 0.717) is 5.82 Å². The number of aliphatic hydroxyl groups excluding tert-OH is 1. The van der Waals surface area contributed by atoms with Gasteiger partial charge in [0.05, 0.1) is 6.61 Å². The normalized spacial score (nSPS) is 11.4. The van der Waals surface area contributed by atoms with Crippen LogP contribution >= 0.6 is 0 Å². The maximum Gasteiger partial charge on any atom is 0.135 e. The Bertz CT molecular complexity index is 541. The molecule has 0 bridgehead atoms. The van der Waals surface area contributed by atoms with Crippen LogP contribution < -0.4 is 5.32 Å². The molecular formula is C16H20N2O. The second-order valence-corrected chi connectivity index (χ2v) is 5.62. The van der Waals surface area contributed by atoms with Crippen LogP contribution in [0.5, 0.6) is 0 Å². The summed E-state index contributed by atoms with van der Waals surface area (Å²) in [4.78, 5) is 4.24. The largest absolute Gasteiger partial charge is 0.392 e. The summed E-state index contributed by atoms with van der Waals surface area (Å²) in [5, 5.41) is 12.5. The summed E-state index contributed by atoms with van der Waals surface area (Å²) in [7, 11) is 0. The Morgan fingerprint density at radius 1 is 1.11 bits per heavy atom. The fraction of sp³-hybridized carbons (Fsp3) is 0.312. The van der Waals surface area contributed by atoms with Crippen LogP contribution in [-0.4, -0.2) is 10.1 Å². The molecule has 0 spiro atoms. The van der Waals surface area contributed by atoms with Crippen LogP contribution in [0, 0.1) is 0 Å². The average molecular weight is 256 g/mol. The van der Waals surface area contributed by atoms with Gasteiger partial charge in [-0.3, -0.25) is 0 Å². The highest BCUT2D eigenvalue weighted by Gasteiger charge is 2.13. The molecule has 0 unspecified atom stereocenters. The van der Waals surface area contributed by atoms with E-state index in [2.05, 4.69) is 43.2 Å². The van der Waals surface area contributed by atoms with E-state index in [1.165, 1.54) is 5.56 Å². The molecule has 1 aromatic heterocycles. The van der Waals surface area contributed by atoms with Crippen LogP contribution in [0.1, 0.15) is 31.9 Å². The highest BCUT2D eigenvalue weighted by Crippen LogP contribution is 2.25. The van der Waals surface area contributed by atoms with Crippen LogP contribution in [0.15, 0.2) is 42.6 Å². The second-order valence-electron chi connectivity index (χ2n) is 5.62. The number of aromatic nitrogens is 1. The fourth-order valence-electron chi connectivity index (χ4n) is 1.87. The van der Waals surface area contributed by atoms with Gasteiger partial charge in [0, 0.05) is 17.4 Å². The van der Waals surface area contributed by atoms with E-state index < -0.39 is 0 Å². The van der Waals surface area contributed by atoms with Crippen molar-refractivity contribution in [2.75, 3.05) is 5.32 Å². The van der Waals surface area contributed by atoms with E-state index in [-0.39, 0.29) is 12.0 Å². The second kappa shape index (κ2) is 5.41. The molecule has 1 aromatic carbocycles. The van der Waals surface area contributed by atoms with E-state index in [1.807, 2.05) is 24.3 Å². The lowest BCUT2D eigenvalue weighted by molar-refractivity contribution is 0.282. The quantitative estimate of drug-likeness (QED) is 0.881. The molecule has 2 rings (SSSR count). The maximum absolute atomic E-state index is 9.27. The zero-order valence-corrected chi connectivity index (χ0v) is 11.6. The summed E-state index contributed by atoms with van der Waals surface area (Å²) in [5.41, 5.74) is 3.21. The monoisotopic (exact) mass is 256 g/mol. The summed E-state index contributed by atoms with van der Waals surface area (Å²) in [6.45, 7) is 6.56. The number of aliphatic hydroxyl groups is 1. The highest BCUT2D eigenvalue weighted by atomic mass is 16.3. The van der Waals surface area contributed by atoms with Gasteiger partial charge in [-0.15, -0.1) is 0 Å². The first kappa shape index (κ1) is 13.6. The SMILES string of the molecule is CC(C)(C)c1ccc(Nc2ncccc2CO)cc1. The van der Waals surface area contributed by atoms with E-state index >= 15 is 0 Å². The summed E-state index contributed by atoms with van der Waals surface area (Å²) in [5.74, 6) is 0.702. The fourth-order valence-corrected chi connectivity index (χ4v) is 1.87. The van der Waals surface area contributed by atoms with Crippen molar-refractivity contribution in [1.29, 1.82) is 0 Å². The number of nitrogens with zero attached hydrogens (tertiary/aromatic N) is 1. The number of hydrogen-bond acceptors (Lipinski definition) is 3. The Labute approximate surface area is 114 Å². The first-order valence-electron chi connectivity index (χ1n) is 6.43. The number of hydrogen-bond donors (Lipinski definition) is 2. The molecule has 0 aliphatic rings. The van der Waals surface area contributed by atoms with Crippen molar-refractivity contribution in [2.24, 2.45) is 0 Å². The molecule has 3 nitrogen and oxygen atoms in total. The van der Waals surface area contributed by atoms with Gasteiger partial charge >= 0.3 is 0 Å². The Morgan fingerprint density at radius 2 is 1.79 bits per heavy atom. The molecule has 0 saturated carbocycles. The smallest absolute Gasteiger partial charge is 0.135 e. The van der Waals surface area contributed by atoms with Gasteiger partial charge in [-0.25, -0.2) is 4.98 Å². The first-order chi connectivity index (χ1) is 9.00. The summed E-state index contributed by atoms with van der Waals surface area (Å²) >= 11 is 0. The molecule has 0 fully saturated rings. The minimum Gasteiger partial charge on any atom is -0.392 e. The molecule has 19 heavy (non-hydrogen) atoms. The van der Waals surface area contributed by atoms with Gasteiger partial charge in [0.1, 0.15) is 5.82 Å². The molecule has 0 atom stereocenters. The molecule has 0 aliphatic heterocycles. The predicted molar refractivity (Wildman–Crippen MR) is 78.6 cm³/mol. The van der Waals surface area contributed by atoms with Gasteiger partial charge < -0.3 is 10.4 Å². The third kappa shape index (κ3) is 3.32. The van der Waals surface area contributed by atoms with Crippen molar-refractivity contribution in [3.8, 4) is 0 Å². The predicted octanol–water partition coefficient (Wildman–Crippen LogP) is 3.62. The summed E-state index contributed by atoms with van der Waals surface area (Å²) in [6.07, 6.45) is 1.71. The number of nitrogens with one attached hydrogen (secondary N) is 1. The third-order valence-electron chi connectivity index (χ3n) is 3.08. The van der Waals surface area contributed by atoms with Crippen molar-refractivity contribution in [2.45, 2.75) is 32.8 Å². The minimum absolute atomic E-state index is 0.0176. The first-order valence-corrected chi connectivity index (χ1v) is 6.43. The maximum atomic E-state index is 9.27. The molecule has 2 aromatic rings. The molecule has 2 N–H and O–H groups in total. The molecule has 0 radical (unpaired) electrons. The lowest BCUT2D eigenvalue weighted by Gasteiger charge is -2.19. The van der Waals surface area contributed by atoms with Gasteiger partial charge in [0.2, 0.25) is 0 Å². The molecule has 1 heterocycles. The Kier molecular flexibility index (Phi) is 3.86. The molecule has 0 amide bonds. The van der Waals surface area contributed by atoms with E-state index in [1.54, 1.807) is 6.20 Å². The standard InChI is InChI=1S/C16H20N2O/c1-16(2,3)13-6-8-14(9-7-13)18-15-12(11-19)5-4-10-17-15/h4-10,19H,11H2,1-3H3,(H,17,18). The molecule has 3 heteroatoms. The molecule has 0 saturated heterocycles. The van der Waals surface area contributed by atoms with Crippen molar-refractivity contribution < 1.29 is 5.11 Å². The lowest BCUT2D eigenvalue weighted by Crippen LogP contribution is -2.10. The molecule has 100 valence electrons. The van der Waals surface area contributed by atoms with Crippen LogP contribution in [0.3, 0.4) is 0 Å². The van der Waals surface area contributed by atoms with Gasteiger partial charge in [-0.2, -0.15) is 0 Å². The third-order valence-corrected chi connectivity index (χ3v) is 3.08. The minimum atomic E-state index is -0.0176. The summed E-state index contributed by atoms with van der Waals surface area (Å²) in [6, 6.07) is 12.0. The van der Waals surface area contributed by atoms with E-state index in [4.69, 9.17) is 0 Å². The van der Waals surface area contributed by atoms with E-state index in [9.17, 15) is 5.11 Å². The summed E-state index contributed by atoms with van der Waals surface area (Å²) < 4.78 is 0. The van der Waals surface area contributed by atoms with Crippen LogP contribution in [0.4, 0.5) is 11.5 Å². The van der Waals surface area contributed by atoms with Gasteiger partial charge in [-0.05, 0) is 29.2 Å². The number of anilines is 2. The topological polar surface area (TPSA) is 45.2 Å². The number of rotatable bonds is 3. The number of benzene rings is 1. The van der Waals surface area contributed by atoms with Crippen LogP contribution in [0.2, 0.25) is 0 Å². The Balaban J connectivity index is 2.20. The zero-order chi connectivity index (χ0) is 13.9. The lowest BCUT2D eigenvalue weighted by atomic mass is 9.87. The zero-order valence-electron chi connectivity index (χ0n) is 11.6. The Hall–Kier alpha value is -1.87. The van der Waals surface area contributed by atoms with Gasteiger partial charge in [0.25, 0.3) is 0 Å². The van der Waals surface area contributed by atoms with Crippen LogP contribution in [0.25, 0.3) is 0 Å². The highest BCUT2D eigenvalue weighted by molar-refractivity contribution is 5.59. The Morgan fingerprint density at radius 3 is 2.37 bits per heavy atom. The van der Waals surface area contributed by atoms with Crippen molar-refractivity contribution in [1.82, 2.24) is 4.98 Å². The molecule has 0 aliphatic carbocycles. The number of pyridine rings is 1. The molecular weight excluding hydrogens is 236 g/mol. The van der Waals surface area contributed by atoms with Crippen molar-refractivity contribution in [3.05, 3.63) is 53.7 Å². The van der Waals surface area contributed by atoms with Gasteiger partial charge in [-0.1, -0.05) is 39.0 Å². The van der Waals surface area contributed by atoms with Gasteiger partial charge in [0.15, 0.2) is 0 Å². The van der Waals surface area contributed by atoms with Crippen molar-refractivity contribution in [3.63, 3.8) is 0 Å².